The summed E-state index contributed by atoms with van der Waals surface area (Å²) in [6.45, 7) is 8.05. The first kappa shape index (κ1) is 24.7. The van der Waals surface area contributed by atoms with Crippen LogP contribution in [0.4, 0.5) is 0 Å². The highest BCUT2D eigenvalue weighted by Gasteiger charge is 2.30. The zero-order valence-corrected chi connectivity index (χ0v) is 19.8. The average Bonchev–Trinajstić information content (AvgIpc) is 2.71. The van der Waals surface area contributed by atoms with Crippen molar-refractivity contribution in [1.82, 2.24) is 10.2 Å². The maximum absolute atomic E-state index is 13.3. The Labute approximate surface area is 190 Å². The molecule has 0 aliphatic rings. The summed E-state index contributed by atoms with van der Waals surface area (Å²) < 4.78 is 5.32. The van der Waals surface area contributed by atoms with Gasteiger partial charge in [0.15, 0.2) is 0 Å². The topological polar surface area (TPSA) is 58.6 Å². The molecule has 0 saturated carbocycles. The second kappa shape index (κ2) is 11.2. The number of benzene rings is 2. The summed E-state index contributed by atoms with van der Waals surface area (Å²) in [6, 6.07) is 14.5. The minimum atomic E-state index is -0.566. The number of nitrogens with one attached hydrogen (secondary N) is 1. The van der Waals surface area contributed by atoms with Crippen LogP contribution < -0.4 is 10.1 Å². The molecule has 0 fully saturated rings. The Bertz CT molecular complexity index is 892. The van der Waals surface area contributed by atoms with Crippen LogP contribution in [0, 0.1) is 0 Å². The number of hydrogen-bond donors (Lipinski definition) is 1. The van der Waals surface area contributed by atoms with Crippen LogP contribution in [0.25, 0.3) is 0 Å². The molecule has 0 spiro atoms. The van der Waals surface area contributed by atoms with Gasteiger partial charge < -0.3 is 15.0 Å². The van der Waals surface area contributed by atoms with Gasteiger partial charge in [-0.05, 0) is 62.9 Å². The van der Waals surface area contributed by atoms with Crippen molar-refractivity contribution < 1.29 is 14.3 Å². The molecule has 0 aliphatic carbocycles. The van der Waals surface area contributed by atoms with E-state index in [1.54, 1.807) is 12.0 Å². The van der Waals surface area contributed by atoms with Crippen LogP contribution in [-0.2, 0) is 22.6 Å². The first-order chi connectivity index (χ1) is 14.6. The molecule has 1 N–H and O–H groups in total. The van der Waals surface area contributed by atoms with E-state index in [0.29, 0.717) is 30.2 Å². The molecule has 0 unspecified atom stereocenters. The number of carbonyl (C=O) groups is 2. The molecule has 31 heavy (non-hydrogen) atoms. The third-order valence-electron chi connectivity index (χ3n) is 4.94. The lowest BCUT2D eigenvalue weighted by Crippen LogP contribution is -2.53. The minimum Gasteiger partial charge on any atom is -0.497 e. The average molecular weight is 445 g/mol. The van der Waals surface area contributed by atoms with E-state index in [2.05, 4.69) is 5.32 Å². The van der Waals surface area contributed by atoms with Crippen molar-refractivity contribution in [3.8, 4) is 5.75 Å². The van der Waals surface area contributed by atoms with Gasteiger partial charge in [-0.15, -0.1) is 0 Å². The summed E-state index contributed by atoms with van der Waals surface area (Å²) in [7, 11) is 1.61. The van der Waals surface area contributed by atoms with Crippen LogP contribution in [0.1, 0.15) is 51.7 Å². The highest BCUT2D eigenvalue weighted by molar-refractivity contribution is 6.31. The van der Waals surface area contributed by atoms with Crippen molar-refractivity contribution in [2.45, 2.75) is 65.1 Å². The Morgan fingerprint density at radius 1 is 1.13 bits per heavy atom. The summed E-state index contributed by atoms with van der Waals surface area (Å²) in [5, 5.41) is 3.66. The highest BCUT2D eigenvalue weighted by Crippen LogP contribution is 2.21. The van der Waals surface area contributed by atoms with Gasteiger partial charge in [0.2, 0.25) is 11.8 Å². The molecule has 2 aromatic carbocycles. The quantitative estimate of drug-likeness (QED) is 0.591. The van der Waals surface area contributed by atoms with Gasteiger partial charge in [0, 0.05) is 23.5 Å². The van der Waals surface area contributed by atoms with Gasteiger partial charge in [-0.3, -0.25) is 9.59 Å². The van der Waals surface area contributed by atoms with Crippen LogP contribution >= 0.6 is 11.6 Å². The third kappa shape index (κ3) is 7.59. The second-order valence-corrected chi connectivity index (χ2v) is 9.04. The van der Waals surface area contributed by atoms with Crippen molar-refractivity contribution in [2.75, 3.05) is 7.11 Å². The maximum Gasteiger partial charge on any atom is 0.243 e. The smallest absolute Gasteiger partial charge is 0.243 e. The molecule has 2 amide bonds. The normalized spacial score (nSPS) is 12.2. The van der Waals surface area contributed by atoms with Crippen molar-refractivity contribution in [2.24, 2.45) is 0 Å². The number of methoxy groups -OCH3 is 1. The van der Waals surface area contributed by atoms with Crippen molar-refractivity contribution in [3.05, 3.63) is 64.7 Å². The van der Waals surface area contributed by atoms with Gasteiger partial charge >= 0.3 is 0 Å². The Morgan fingerprint density at radius 3 is 2.45 bits per heavy atom. The molecule has 2 rings (SSSR count). The molecule has 5 nitrogen and oxygen atoms in total. The predicted octanol–water partition coefficient (Wildman–Crippen LogP) is 5.00. The molecule has 168 valence electrons. The monoisotopic (exact) mass is 444 g/mol. The molecular weight excluding hydrogens is 412 g/mol. The Hall–Kier alpha value is -2.53. The molecule has 0 aromatic heterocycles. The summed E-state index contributed by atoms with van der Waals surface area (Å²) in [5.41, 5.74) is 1.45. The van der Waals surface area contributed by atoms with E-state index in [0.717, 1.165) is 11.1 Å². The molecule has 0 radical (unpaired) electrons. The number of halogens is 1. The second-order valence-electron chi connectivity index (χ2n) is 8.63. The van der Waals surface area contributed by atoms with Crippen molar-refractivity contribution in [3.63, 3.8) is 0 Å². The van der Waals surface area contributed by atoms with Crippen LogP contribution in [0.5, 0.6) is 5.75 Å². The maximum atomic E-state index is 13.3. The fraction of sp³-hybridized carbons (Fsp3) is 0.440. The van der Waals surface area contributed by atoms with E-state index in [1.165, 1.54) is 0 Å². The largest absolute Gasteiger partial charge is 0.497 e. The van der Waals surface area contributed by atoms with Crippen LogP contribution in [0.15, 0.2) is 48.5 Å². The van der Waals surface area contributed by atoms with Crippen molar-refractivity contribution in [1.29, 1.82) is 0 Å². The van der Waals surface area contributed by atoms with E-state index < -0.39 is 6.04 Å². The van der Waals surface area contributed by atoms with E-state index in [9.17, 15) is 9.59 Å². The zero-order chi connectivity index (χ0) is 23.0. The Morgan fingerprint density at radius 2 is 1.84 bits per heavy atom. The van der Waals surface area contributed by atoms with Gasteiger partial charge in [0.25, 0.3) is 0 Å². The summed E-state index contributed by atoms with van der Waals surface area (Å²) >= 11 is 6.26. The SMILES string of the molecule is CC[C@H](C(=O)NC(C)(C)C)N(Cc1cccc(OC)c1)C(=O)CCc1ccccc1Cl. The Balaban J connectivity index is 2.27. The standard InChI is InChI=1S/C25H33ClN2O3/c1-6-22(24(30)27-25(2,3)4)28(17-18-10-9-12-20(16-18)31-5)23(29)15-14-19-11-7-8-13-21(19)26/h7-13,16,22H,6,14-15,17H2,1-5H3,(H,27,30)/t22-/m1/s1. The van der Waals surface area contributed by atoms with E-state index in [1.807, 2.05) is 76.2 Å². The van der Waals surface area contributed by atoms with Crippen LogP contribution in [0.2, 0.25) is 5.02 Å². The number of aryl methyl sites for hydroxylation is 1. The number of amides is 2. The molecular formula is C25H33ClN2O3. The van der Waals surface area contributed by atoms with E-state index in [-0.39, 0.29) is 23.8 Å². The number of nitrogens with zero attached hydrogens (tertiary/aromatic N) is 1. The minimum absolute atomic E-state index is 0.0846. The van der Waals surface area contributed by atoms with Crippen molar-refractivity contribution >= 4 is 23.4 Å². The van der Waals surface area contributed by atoms with E-state index >= 15 is 0 Å². The summed E-state index contributed by atoms with van der Waals surface area (Å²) in [5.74, 6) is 0.482. The highest BCUT2D eigenvalue weighted by atomic mass is 35.5. The lowest BCUT2D eigenvalue weighted by Gasteiger charge is -2.33. The summed E-state index contributed by atoms with van der Waals surface area (Å²) in [6.07, 6.45) is 1.31. The zero-order valence-electron chi connectivity index (χ0n) is 19.1. The lowest BCUT2D eigenvalue weighted by atomic mass is 10.0. The fourth-order valence-corrected chi connectivity index (χ4v) is 3.66. The fourth-order valence-electron chi connectivity index (χ4n) is 3.43. The first-order valence-electron chi connectivity index (χ1n) is 10.6. The van der Waals surface area contributed by atoms with Crippen LogP contribution in [0.3, 0.4) is 0 Å². The molecule has 0 bridgehead atoms. The van der Waals surface area contributed by atoms with Gasteiger partial charge in [-0.25, -0.2) is 0 Å². The molecule has 0 saturated heterocycles. The number of rotatable bonds is 9. The molecule has 2 aromatic rings. The predicted molar refractivity (Wildman–Crippen MR) is 125 cm³/mol. The van der Waals surface area contributed by atoms with Gasteiger partial charge in [0.05, 0.1) is 7.11 Å². The van der Waals surface area contributed by atoms with Gasteiger partial charge in [-0.1, -0.05) is 48.9 Å². The lowest BCUT2D eigenvalue weighted by molar-refractivity contribution is -0.142. The van der Waals surface area contributed by atoms with Crippen LogP contribution in [-0.4, -0.2) is 35.4 Å². The van der Waals surface area contributed by atoms with Gasteiger partial charge in [0.1, 0.15) is 11.8 Å². The number of hydrogen-bond acceptors (Lipinski definition) is 3. The molecule has 6 heteroatoms. The van der Waals surface area contributed by atoms with Gasteiger partial charge in [-0.2, -0.15) is 0 Å². The molecule has 0 aliphatic heterocycles. The first-order valence-corrected chi connectivity index (χ1v) is 11.0. The molecule has 1 atom stereocenters. The number of carbonyl (C=O) groups excluding carboxylic acids is 2. The molecule has 0 heterocycles. The third-order valence-corrected chi connectivity index (χ3v) is 5.31. The number of ether oxygens (including phenoxy) is 1. The summed E-state index contributed by atoms with van der Waals surface area (Å²) in [4.78, 5) is 28.0. The van der Waals surface area contributed by atoms with E-state index in [4.69, 9.17) is 16.3 Å². The Kier molecular flexibility index (Phi) is 8.93.